The van der Waals surface area contributed by atoms with Crippen LogP contribution >= 0.6 is 0 Å². The zero-order valence-corrected chi connectivity index (χ0v) is 21.1. The minimum absolute atomic E-state index is 0.203. The predicted molar refractivity (Wildman–Crippen MR) is 137 cm³/mol. The molecule has 0 unspecified atom stereocenters. The van der Waals surface area contributed by atoms with Gasteiger partial charge in [0.05, 0.1) is 11.6 Å². The summed E-state index contributed by atoms with van der Waals surface area (Å²) in [4.78, 5) is 30.0. The molecule has 2 heterocycles. The number of carbonyl (C=O) groups excluding carboxylic acids is 2. The molecule has 36 heavy (non-hydrogen) atoms. The highest BCUT2D eigenvalue weighted by molar-refractivity contribution is 5.96. The van der Waals surface area contributed by atoms with Crippen molar-refractivity contribution in [3.8, 4) is 5.82 Å². The number of hydrogen-bond donors (Lipinski definition) is 2. The van der Waals surface area contributed by atoms with Crippen LogP contribution in [-0.2, 0) is 11.3 Å². The summed E-state index contributed by atoms with van der Waals surface area (Å²) >= 11 is 0. The van der Waals surface area contributed by atoms with E-state index in [1.54, 1.807) is 23.3 Å². The number of rotatable bonds is 6. The summed E-state index contributed by atoms with van der Waals surface area (Å²) in [7, 11) is 0. The minimum Gasteiger partial charge on any atom is -0.444 e. The van der Waals surface area contributed by atoms with Crippen LogP contribution in [0.5, 0.6) is 0 Å². The lowest BCUT2D eigenvalue weighted by Crippen LogP contribution is -2.32. The maximum absolute atomic E-state index is 13.3. The fourth-order valence-electron chi connectivity index (χ4n) is 3.86. The van der Waals surface area contributed by atoms with Gasteiger partial charge in [0.15, 0.2) is 0 Å². The molecule has 2 amide bonds. The van der Waals surface area contributed by atoms with Crippen LogP contribution in [0.2, 0.25) is 0 Å². The number of pyridine rings is 1. The van der Waals surface area contributed by atoms with Gasteiger partial charge < -0.3 is 15.4 Å². The van der Waals surface area contributed by atoms with E-state index in [0.29, 0.717) is 11.4 Å². The summed E-state index contributed by atoms with van der Waals surface area (Å²) in [6, 6.07) is 15.0. The molecule has 0 saturated heterocycles. The van der Waals surface area contributed by atoms with Gasteiger partial charge in [-0.1, -0.05) is 30.3 Å². The predicted octanol–water partition coefficient (Wildman–Crippen LogP) is 4.64. The van der Waals surface area contributed by atoms with E-state index >= 15 is 0 Å². The fraction of sp³-hybridized carbons (Fsp3) is 0.296. The highest BCUT2D eigenvalue weighted by atomic mass is 16.6. The molecule has 9 nitrogen and oxygen atoms in total. The lowest BCUT2D eigenvalue weighted by Gasteiger charge is -2.20. The molecule has 186 valence electrons. The van der Waals surface area contributed by atoms with Gasteiger partial charge in [-0.25, -0.2) is 9.78 Å². The number of alkyl carbamates (subject to hydrolysis) is 1. The number of fused-ring (bicyclic) bond motifs is 1. The zero-order valence-electron chi connectivity index (χ0n) is 21.1. The molecule has 2 aromatic carbocycles. The van der Waals surface area contributed by atoms with Crippen molar-refractivity contribution in [2.75, 3.05) is 0 Å². The lowest BCUT2D eigenvalue weighted by atomic mass is 10.0. The standard InChI is InChI=1S/C27H30N6O3/c1-17-10-11-19(14-28-26(35)36-27(3,4)5)12-21(17)25(34)31-18(2)22-13-24(33-15-29-30-16-33)32-23-9-7-6-8-20(22)23/h6-13,15-16,18H,14H2,1-5H3,(H,28,35)(H,31,34)/t18-/m1/s1. The monoisotopic (exact) mass is 486 g/mol. The average Bonchev–Trinajstić information content (AvgIpc) is 3.36. The molecule has 0 fully saturated rings. The van der Waals surface area contributed by atoms with Crippen LogP contribution in [0.3, 0.4) is 0 Å². The Balaban J connectivity index is 1.55. The van der Waals surface area contributed by atoms with Crippen molar-refractivity contribution in [1.82, 2.24) is 30.4 Å². The van der Waals surface area contributed by atoms with Crippen LogP contribution in [0.1, 0.15) is 60.8 Å². The summed E-state index contributed by atoms with van der Waals surface area (Å²) < 4.78 is 7.02. The molecular weight excluding hydrogens is 456 g/mol. The third-order valence-corrected chi connectivity index (χ3v) is 5.61. The Bertz CT molecular complexity index is 1390. The van der Waals surface area contributed by atoms with Gasteiger partial charge in [-0.15, -0.1) is 10.2 Å². The number of hydrogen-bond acceptors (Lipinski definition) is 6. The second-order valence-corrected chi connectivity index (χ2v) is 9.66. The van der Waals surface area contributed by atoms with E-state index in [9.17, 15) is 9.59 Å². The number of nitrogens with one attached hydrogen (secondary N) is 2. The smallest absolute Gasteiger partial charge is 0.407 e. The molecule has 1 atom stereocenters. The molecular formula is C27H30N6O3. The molecule has 2 N–H and O–H groups in total. The summed E-state index contributed by atoms with van der Waals surface area (Å²) in [5, 5.41) is 14.6. The number of aryl methyl sites for hydroxylation is 1. The van der Waals surface area contributed by atoms with Crippen LogP contribution in [0.4, 0.5) is 4.79 Å². The average molecular weight is 487 g/mol. The Morgan fingerprint density at radius 3 is 2.50 bits per heavy atom. The second-order valence-electron chi connectivity index (χ2n) is 9.66. The van der Waals surface area contributed by atoms with E-state index in [1.807, 2.05) is 77.1 Å². The van der Waals surface area contributed by atoms with Crippen molar-refractivity contribution < 1.29 is 14.3 Å². The van der Waals surface area contributed by atoms with E-state index < -0.39 is 11.7 Å². The maximum Gasteiger partial charge on any atom is 0.407 e. The van der Waals surface area contributed by atoms with Crippen LogP contribution in [0.25, 0.3) is 16.7 Å². The Hall–Kier alpha value is -4.27. The number of aromatic nitrogens is 4. The van der Waals surface area contributed by atoms with Crippen molar-refractivity contribution in [3.05, 3.63) is 83.4 Å². The summed E-state index contributed by atoms with van der Waals surface area (Å²) in [5.41, 5.74) is 3.34. The molecule has 0 saturated carbocycles. The van der Waals surface area contributed by atoms with Crippen LogP contribution in [0.15, 0.2) is 61.2 Å². The number of ether oxygens (including phenoxy) is 1. The van der Waals surface area contributed by atoms with Crippen LogP contribution < -0.4 is 10.6 Å². The fourth-order valence-corrected chi connectivity index (χ4v) is 3.86. The third kappa shape index (κ3) is 5.86. The van der Waals surface area contributed by atoms with Gasteiger partial charge >= 0.3 is 6.09 Å². The first-order valence-corrected chi connectivity index (χ1v) is 11.7. The second kappa shape index (κ2) is 10.2. The highest BCUT2D eigenvalue weighted by Crippen LogP contribution is 2.26. The Kier molecular flexibility index (Phi) is 7.00. The summed E-state index contributed by atoms with van der Waals surface area (Å²) in [5.74, 6) is 0.465. The van der Waals surface area contributed by atoms with E-state index in [-0.39, 0.29) is 18.5 Å². The molecule has 4 rings (SSSR count). The molecule has 0 radical (unpaired) electrons. The molecule has 0 bridgehead atoms. The number of benzene rings is 2. The number of nitrogens with zero attached hydrogens (tertiary/aromatic N) is 4. The number of para-hydroxylation sites is 1. The van der Waals surface area contributed by atoms with Crippen molar-refractivity contribution in [2.45, 2.75) is 52.8 Å². The molecule has 4 aromatic rings. The minimum atomic E-state index is -0.579. The van der Waals surface area contributed by atoms with E-state index in [4.69, 9.17) is 9.72 Å². The van der Waals surface area contributed by atoms with Gasteiger partial charge in [0.1, 0.15) is 24.1 Å². The van der Waals surface area contributed by atoms with Crippen molar-refractivity contribution >= 4 is 22.9 Å². The lowest BCUT2D eigenvalue weighted by molar-refractivity contribution is 0.0523. The molecule has 0 aliphatic rings. The molecule has 0 spiro atoms. The number of carbonyl (C=O) groups is 2. The first-order chi connectivity index (χ1) is 17.1. The van der Waals surface area contributed by atoms with Gasteiger partial charge in [-0.3, -0.25) is 9.36 Å². The molecule has 0 aliphatic heterocycles. The summed E-state index contributed by atoms with van der Waals surface area (Å²) in [6.45, 7) is 9.51. The third-order valence-electron chi connectivity index (χ3n) is 5.61. The quantitative estimate of drug-likeness (QED) is 0.411. The normalized spacial score (nSPS) is 12.2. The first-order valence-electron chi connectivity index (χ1n) is 11.7. The van der Waals surface area contributed by atoms with Gasteiger partial charge in [0.25, 0.3) is 5.91 Å². The van der Waals surface area contributed by atoms with E-state index in [2.05, 4.69) is 20.8 Å². The Morgan fingerprint density at radius 2 is 1.78 bits per heavy atom. The highest BCUT2D eigenvalue weighted by Gasteiger charge is 2.19. The van der Waals surface area contributed by atoms with Gasteiger partial charge in [0, 0.05) is 17.5 Å². The van der Waals surface area contributed by atoms with Gasteiger partial charge in [0.2, 0.25) is 0 Å². The van der Waals surface area contributed by atoms with Crippen LogP contribution in [0, 0.1) is 6.92 Å². The molecule has 9 heteroatoms. The molecule has 0 aliphatic carbocycles. The topological polar surface area (TPSA) is 111 Å². The Labute approximate surface area is 209 Å². The maximum atomic E-state index is 13.3. The first kappa shape index (κ1) is 24.8. The largest absolute Gasteiger partial charge is 0.444 e. The molecule has 2 aromatic heterocycles. The van der Waals surface area contributed by atoms with Crippen molar-refractivity contribution in [1.29, 1.82) is 0 Å². The summed E-state index contributed by atoms with van der Waals surface area (Å²) in [6.07, 6.45) is 2.67. The number of amides is 2. The van der Waals surface area contributed by atoms with Gasteiger partial charge in [-0.05, 0) is 69.5 Å². The Morgan fingerprint density at radius 1 is 1.06 bits per heavy atom. The van der Waals surface area contributed by atoms with E-state index in [1.165, 1.54) is 0 Å². The van der Waals surface area contributed by atoms with Crippen LogP contribution in [-0.4, -0.2) is 37.3 Å². The zero-order chi connectivity index (χ0) is 25.9. The van der Waals surface area contributed by atoms with Gasteiger partial charge in [-0.2, -0.15) is 0 Å². The SMILES string of the molecule is Cc1ccc(CNC(=O)OC(C)(C)C)cc1C(=O)N[C@H](C)c1cc(-n2cnnc2)nc2ccccc12. The van der Waals surface area contributed by atoms with E-state index in [0.717, 1.165) is 27.6 Å². The van der Waals surface area contributed by atoms with Crippen molar-refractivity contribution in [3.63, 3.8) is 0 Å². The van der Waals surface area contributed by atoms with Crippen molar-refractivity contribution in [2.24, 2.45) is 0 Å².